The molecule has 4 rings (SSSR count). The molecule has 0 spiro atoms. The second-order valence-corrected chi connectivity index (χ2v) is 8.91. The van der Waals surface area contributed by atoms with Gasteiger partial charge in [-0.2, -0.15) is 10.1 Å². The van der Waals surface area contributed by atoms with Crippen LogP contribution in [0.5, 0.6) is 11.5 Å². The molecule has 3 aliphatic rings. The number of nitrogens with zero attached hydrogens (tertiary/aromatic N) is 2. The number of fused-ring (bicyclic) bond motifs is 5. The highest BCUT2D eigenvalue weighted by Gasteiger charge is 2.59. The SMILES string of the molecule is COc1cc(Cl)cc(C=NN2C(=O)C3C4C=CC(C4)C3C2=O)c1OC(C)(C)C. The Morgan fingerprint density at radius 1 is 1.14 bits per heavy atom. The first-order valence-electron chi connectivity index (χ1n) is 9.36. The molecule has 28 heavy (non-hydrogen) atoms. The first kappa shape index (κ1) is 19.0. The monoisotopic (exact) mass is 402 g/mol. The van der Waals surface area contributed by atoms with Crippen molar-refractivity contribution in [2.24, 2.45) is 28.8 Å². The normalized spacial score (nSPS) is 28.5. The van der Waals surface area contributed by atoms with Crippen LogP contribution >= 0.6 is 11.6 Å². The Labute approximate surface area is 169 Å². The molecule has 1 saturated heterocycles. The number of rotatable bonds is 4. The highest BCUT2D eigenvalue weighted by atomic mass is 35.5. The maximum atomic E-state index is 12.8. The summed E-state index contributed by atoms with van der Waals surface area (Å²) in [5, 5.41) is 5.68. The summed E-state index contributed by atoms with van der Waals surface area (Å²) in [4.78, 5) is 25.6. The molecule has 7 heteroatoms. The first-order chi connectivity index (χ1) is 13.2. The van der Waals surface area contributed by atoms with Crippen molar-refractivity contribution >= 4 is 29.6 Å². The van der Waals surface area contributed by atoms with Gasteiger partial charge in [-0.15, -0.1) is 0 Å². The van der Waals surface area contributed by atoms with Gasteiger partial charge in [0.15, 0.2) is 11.5 Å². The van der Waals surface area contributed by atoms with Gasteiger partial charge >= 0.3 is 0 Å². The molecule has 1 saturated carbocycles. The summed E-state index contributed by atoms with van der Waals surface area (Å²) in [6.45, 7) is 5.75. The standard InChI is InChI=1S/C21H23ClN2O4/c1-21(2,3)28-18-13(8-14(22)9-15(18)27-4)10-23-24-19(25)16-11-5-6-12(7-11)17(16)20(24)26/h5-6,8-12,16-17H,7H2,1-4H3. The van der Waals surface area contributed by atoms with Crippen LogP contribution in [-0.4, -0.2) is 35.7 Å². The van der Waals surface area contributed by atoms with E-state index in [1.165, 1.54) is 13.3 Å². The Morgan fingerprint density at radius 2 is 1.75 bits per heavy atom. The highest BCUT2D eigenvalue weighted by molar-refractivity contribution is 6.31. The second kappa shape index (κ2) is 6.62. The molecule has 2 amide bonds. The summed E-state index contributed by atoms with van der Waals surface area (Å²) in [6.07, 6.45) is 6.45. The number of carbonyl (C=O) groups is 2. The fourth-order valence-electron chi connectivity index (χ4n) is 4.37. The number of carbonyl (C=O) groups excluding carboxylic acids is 2. The van der Waals surface area contributed by atoms with Gasteiger partial charge in [0.1, 0.15) is 5.60 Å². The molecule has 0 N–H and O–H groups in total. The van der Waals surface area contributed by atoms with Crippen LogP contribution in [0.3, 0.4) is 0 Å². The van der Waals surface area contributed by atoms with Crippen LogP contribution < -0.4 is 9.47 Å². The molecular formula is C21H23ClN2O4. The van der Waals surface area contributed by atoms with Gasteiger partial charge in [0, 0.05) is 16.7 Å². The molecule has 0 aromatic heterocycles. The smallest absolute Gasteiger partial charge is 0.254 e. The zero-order valence-corrected chi connectivity index (χ0v) is 17.1. The van der Waals surface area contributed by atoms with Crippen LogP contribution in [0.1, 0.15) is 32.8 Å². The second-order valence-electron chi connectivity index (χ2n) is 8.47. The van der Waals surface area contributed by atoms with E-state index >= 15 is 0 Å². The maximum Gasteiger partial charge on any atom is 0.254 e. The molecular weight excluding hydrogens is 380 g/mol. The Balaban J connectivity index is 1.66. The third-order valence-corrected chi connectivity index (χ3v) is 5.65. The molecule has 148 valence electrons. The van der Waals surface area contributed by atoms with E-state index in [0.29, 0.717) is 22.1 Å². The van der Waals surface area contributed by atoms with E-state index < -0.39 is 5.60 Å². The van der Waals surface area contributed by atoms with Crippen LogP contribution in [-0.2, 0) is 9.59 Å². The third-order valence-electron chi connectivity index (χ3n) is 5.44. The molecule has 4 unspecified atom stereocenters. The largest absolute Gasteiger partial charge is 0.493 e. The van der Waals surface area contributed by atoms with Crippen LogP contribution in [0.2, 0.25) is 5.02 Å². The number of methoxy groups -OCH3 is 1. The van der Waals surface area contributed by atoms with Crippen molar-refractivity contribution in [3.63, 3.8) is 0 Å². The number of halogens is 1. The molecule has 4 atom stereocenters. The molecule has 2 fully saturated rings. The highest BCUT2D eigenvalue weighted by Crippen LogP contribution is 2.52. The van der Waals surface area contributed by atoms with Crippen molar-refractivity contribution in [2.45, 2.75) is 32.8 Å². The average molecular weight is 403 g/mol. The van der Waals surface area contributed by atoms with Crippen molar-refractivity contribution in [1.29, 1.82) is 0 Å². The molecule has 1 aliphatic heterocycles. The van der Waals surface area contributed by atoms with Crippen LogP contribution in [0.15, 0.2) is 29.4 Å². The Kier molecular flexibility index (Phi) is 4.49. The molecule has 1 aromatic carbocycles. The summed E-state index contributed by atoms with van der Waals surface area (Å²) in [5.41, 5.74) is 0.0586. The van der Waals surface area contributed by atoms with Crippen LogP contribution in [0.25, 0.3) is 0 Å². The van der Waals surface area contributed by atoms with Crippen molar-refractivity contribution < 1.29 is 19.1 Å². The average Bonchev–Trinajstić information content (AvgIpc) is 3.28. The molecule has 1 heterocycles. The van der Waals surface area contributed by atoms with E-state index in [9.17, 15) is 9.59 Å². The van der Waals surface area contributed by atoms with E-state index in [0.717, 1.165) is 11.4 Å². The molecule has 0 radical (unpaired) electrons. The number of allylic oxidation sites excluding steroid dienone is 2. The van der Waals surface area contributed by atoms with Gasteiger partial charge in [-0.05, 0) is 45.1 Å². The first-order valence-corrected chi connectivity index (χ1v) is 9.74. The van der Waals surface area contributed by atoms with Crippen LogP contribution in [0.4, 0.5) is 0 Å². The summed E-state index contributed by atoms with van der Waals surface area (Å²) in [7, 11) is 1.53. The molecule has 6 nitrogen and oxygen atoms in total. The lowest BCUT2D eigenvalue weighted by Crippen LogP contribution is -2.28. The minimum absolute atomic E-state index is 0.151. The topological polar surface area (TPSA) is 68.2 Å². The van der Waals surface area contributed by atoms with Gasteiger partial charge in [0.25, 0.3) is 11.8 Å². The maximum absolute atomic E-state index is 12.8. The number of imide groups is 1. The summed E-state index contributed by atoms with van der Waals surface area (Å²) >= 11 is 6.20. The lowest BCUT2D eigenvalue weighted by molar-refractivity contribution is -0.140. The molecule has 2 bridgehead atoms. The quantitative estimate of drug-likeness (QED) is 0.438. The zero-order valence-electron chi connectivity index (χ0n) is 16.3. The van der Waals surface area contributed by atoms with E-state index in [-0.39, 0.29) is 35.5 Å². The predicted octanol–water partition coefficient (Wildman–Crippen LogP) is 3.67. The van der Waals surface area contributed by atoms with E-state index in [1.807, 2.05) is 20.8 Å². The lowest BCUT2D eigenvalue weighted by atomic mass is 9.85. The minimum atomic E-state index is -0.481. The minimum Gasteiger partial charge on any atom is -0.493 e. The number of hydrogen-bond donors (Lipinski definition) is 0. The predicted molar refractivity (Wildman–Crippen MR) is 106 cm³/mol. The lowest BCUT2D eigenvalue weighted by Gasteiger charge is -2.24. The summed E-state index contributed by atoms with van der Waals surface area (Å²) < 4.78 is 11.4. The van der Waals surface area contributed by atoms with Crippen molar-refractivity contribution in [1.82, 2.24) is 5.01 Å². The van der Waals surface area contributed by atoms with Crippen molar-refractivity contribution in [2.75, 3.05) is 7.11 Å². The van der Waals surface area contributed by atoms with Gasteiger partial charge in [-0.25, -0.2) is 0 Å². The zero-order chi connectivity index (χ0) is 20.2. The van der Waals surface area contributed by atoms with Gasteiger partial charge in [0.2, 0.25) is 0 Å². The number of hydrazone groups is 1. The Bertz CT molecular complexity index is 872. The van der Waals surface area contributed by atoms with E-state index in [2.05, 4.69) is 17.3 Å². The Morgan fingerprint density at radius 3 is 2.29 bits per heavy atom. The van der Waals surface area contributed by atoms with Gasteiger partial charge in [-0.1, -0.05) is 23.8 Å². The number of hydrogen-bond acceptors (Lipinski definition) is 5. The number of amides is 2. The van der Waals surface area contributed by atoms with E-state index in [1.54, 1.807) is 12.1 Å². The third kappa shape index (κ3) is 3.09. The van der Waals surface area contributed by atoms with E-state index in [4.69, 9.17) is 21.1 Å². The number of ether oxygens (including phenoxy) is 2. The summed E-state index contributed by atoms with van der Waals surface area (Å²) in [6, 6.07) is 3.33. The molecule has 1 aromatic rings. The fraction of sp³-hybridized carbons (Fsp3) is 0.476. The number of benzene rings is 1. The van der Waals surface area contributed by atoms with Crippen LogP contribution in [0, 0.1) is 23.7 Å². The van der Waals surface area contributed by atoms with Crippen molar-refractivity contribution in [3.8, 4) is 11.5 Å². The van der Waals surface area contributed by atoms with Gasteiger partial charge in [-0.3, -0.25) is 9.59 Å². The fourth-order valence-corrected chi connectivity index (χ4v) is 4.59. The van der Waals surface area contributed by atoms with Gasteiger partial charge in [0.05, 0.1) is 25.2 Å². The molecule has 2 aliphatic carbocycles. The summed E-state index contributed by atoms with van der Waals surface area (Å²) in [5.74, 6) is 0.213. The Hall–Kier alpha value is -2.34. The van der Waals surface area contributed by atoms with Gasteiger partial charge < -0.3 is 9.47 Å². The van der Waals surface area contributed by atoms with Crippen molar-refractivity contribution in [3.05, 3.63) is 34.9 Å².